The molecule has 0 radical (unpaired) electrons. The van der Waals surface area contributed by atoms with Crippen LogP contribution in [0.15, 0.2) is 28.7 Å². The average Bonchev–Trinajstić information content (AvgIpc) is 2.65. The number of aromatic nitrogens is 2. The highest BCUT2D eigenvalue weighted by Crippen LogP contribution is 2.22. The lowest BCUT2D eigenvalue weighted by atomic mass is 10.1. The topological polar surface area (TPSA) is 38.1 Å². The summed E-state index contributed by atoms with van der Waals surface area (Å²) >= 11 is 3.49. The van der Waals surface area contributed by atoms with E-state index in [1.54, 1.807) is 4.68 Å². The van der Waals surface area contributed by atoms with Gasteiger partial charge in [-0.1, -0.05) is 0 Å². The summed E-state index contributed by atoms with van der Waals surface area (Å²) < 4.78 is 2.67. The van der Waals surface area contributed by atoms with Crippen LogP contribution in [0.1, 0.15) is 21.7 Å². The molecule has 0 atom stereocenters. The predicted molar refractivity (Wildman–Crippen MR) is 84.4 cm³/mol. The first-order valence-electron chi connectivity index (χ1n) is 6.38. The summed E-state index contributed by atoms with van der Waals surface area (Å²) in [6.07, 6.45) is 0.346. The Morgan fingerprint density at radius 1 is 1.30 bits per heavy atom. The van der Waals surface area contributed by atoms with E-state index >= 15 is 0 Å². The van der Waals surface area contributed by atoms with E-state index in [0.717, 1.165) is 27.1 Å². The lowest BCUT2D eigenvalue weighted by Crippen LogP contribution is -2.10. The van der Waals surface area contributed by atoms with E-state index in [1.807, 2.05) is 57.2 Å². The minimum atomic E-state index is 0.0963. The molecule has 0 saturated heterocycles. The number of rotatable bonds is 4. The molecular formula is C15H18BrN3O. The van der Waals surface area contributed by atoms with Gasteiger partial charge in [-0.05, 0) is 47.1 Å². The second-order valence-corrected chi connectivity index (χ2v) is 5.80. The molecule has 5 heteroatoms. The van der Waals surface area contributed by atoms with E-state index in [4.69, 9.17) is 0 Å². The standard InChI is InChI=1S/C15H18BrN3O/c1-10-15(16)13(19(4)17-10)9-14(20)11-5-7-12(8-6-11)18(2)3/h5-8H,9H2,1-4H3. The van der Waals surface area contributed by atoms with Crippen molar-refractivity contribution in [2.45, 2.75) is 13.3 Å². The van der Waals surface area contributed by atoms with Crippen molar-refractivity contribution in [3.63, 3.8) is 0 Å². The molecule has 0 bridgehead atoms. The molecule has 20 heavy (non-hydrogen) atoms. The molecule has 1 heterocycles. The van der Waals surface area contributed by atoms with Crippen molar-refractivity contribution in [3.8, 4) is 0 Å². The van der Waals surface area contributed by atoms with Crippen molar-refractivity contribution in [3.05, 3.63) is 45.7 Å². The summed E-state index contributed by atoms with van der Waals surface area (Å²) in [7, 11) is 5.81. The number of hydrogen-bond donors (Lipinski definition) is 0. The van der Waals surface area contributed by atoms with Crippen LogP contribution in [0.2, 0.25) is 0 Å². The molecule has 2 aromatic rings. The molecule has 0 aliphatic rings. The third-order valence-electron chi connectivity index (χ3n) is 3.30. The fourth-order valence-electron chi connectivity index (χ4n) is 2.07. The number of Topliss-reactive ketones (excluding diaryl/α,β-unsaturated/α-hetero) is 1. The minimum absolute atomic E-state index is 0.0963. The van der Waals surface area contributed by atoms with Gasteiger partial charge in [0.05, 0.1) is 22.3 Å². The van der Waals surface area contributed by atoms with E-state index in [9.17, 15) is 4.79 Å². The molecule has 0 unspecified atom stereocenters. The highest BCUT2D eigenvalue weighted by atomic mass is 79.9. The third-order valence-corrected chi connectivity index (χ3v) is 4.33. The van der Waals surface area contributed by atoms with Crippen molar-refractivity contribution >= 4 is 27.4 Å². The molecule has 0 aliphatic carbocycles. The Bertz CT molecular complexity index is 629. The molecule has 0 saturated carbocycles. The number of hydrogen-bond acceptors (Lipinski definition) is 3. The maximum absolute atomic E-state index is 12.3. The third kappa shape index (κ3) is 2.93. The minimum Gasteiger partial charge on any atom is -0.378 e. The molecule has 106 valence electrons. The number of halogens is 1. The van der Waals surface area contributed by atoms with Gasteiger partial charge in [-0.2, -0.15) is 5.10 Å². The maximum atomic E-state index is 12.3. The van der Waals surface area contributed by atoms with Crippen molar-refractivity contribution in [2.75, 3.05) is 19.0 Å². The number of carbonyl (C=O) groups excluding carboxylic acids is 1. The molecule has 0 fully saturated rings. The molecule has 0 N–H and O–H groups in total. The Kier molecular flexibility index (Phi) is 4.28. The van der Waals surface area contributed by atoms with Crippen LogP contribution in [-0.4, -0.2) is 29.7 Å². The largest absolute Gasteiger partial charge is 0.378 e. The monoisotopic (exact) mass is 335 g/mol. The Hall–Kier alpha value is -1.62. The first-order valence-corrected chi connectivity index (χ1v) is 7.18. The van der Waals surface area contributed by atoms with E-state index in [1.165, 1.54) is 0 Å². The Morgan fingerprint density at radius 3 is 2.35 bits per heavy atom. The second kappa shape index (κ2) is 5.79. The first-order chi connectivity index (χ1) is 9.40. The molecule has 0 aliphatic heterocycles. The van der Waals surface area contributed by atoms with Gasteiger partial charge in [0, 0.05) is 32.4 Å². The predicted octanol–water partition coefficient (Wildman–Crippen LogP) is 2.98. The van der Waals surface area contributed by atoms with Gasteiger partial charge in [-0.25, -0.2) is 0 Å². The highest BCUT2D eigenvalue weighted by molar-refractivity contribution is 9.10. The fourth-order valence-corrected chi connectivity index (χ4v) is 2.55. The van der Waals surface area contributed by atoms with Crippen molar-refractivity contribution in [1.82, 2.24) is 9.78 Å². The van der Waals surface area contributed by atoms with Crippen LogP contribution in [0, 0.1) is 6.92 Å². The van der Waals surface area contributed by atoms with Crippen LogP contribution in [0.5, 0.6) is 0 Å². The average molecular weight is 336 g/mol. The smallest absolute Gasteiger partial charge is 0.168 e. The van der Waals surface area contributed by atoms with Crippen LogP contribution < -0.4 is 4.90 Å². The lowest BCUT2D eigenvalue weighted by molar-refractivity contribution is 0.0990. The fraction of sp³-hybridized carbons (Fsp3) is 0.333. The number of benzene rings is 1. The van der Waals surface area contributed by atoms with Gasteiger partial charge in [0.15, 0.2) is 5.78 Å². The summed E-state index contributed by atoms with van der Waals surface area (Å²) in [6.45, 7) is 1.92. The summed E-state index contributed by atoms with van der Waals surface area (Å²) in [6, 6.07) is 7.65. The van der Waals surface area contributed by atoms with Gasteiger partial charge in [-0.15, -0.1) is 0 Å². The van der Waals surface area contributed by atoms with Crippen molar-refractivity contribution in [1.29, 1.82) is 0 Å². The quantitative estimate of drug-likeness (QED) is 0.806. The molecule has 4 nitrogen and oxygen atoms in total. The summed E-state index contributed by atoms with van der Waals surface area (Å²) in [5.74, 6) is 0.0963. The molecule has 1 aromatic heterocycles. The van der Waals surface area contributed by atoms with E-state index in [0.29, 0.717) is 6.42 Å². The number of carbonyl (C=O) groups is 1. The van der Waals surface area contributed by atoms with E-state index < -0.39 is 0 Å². The first kappa shape index (κ1) is 14.8. The van der Waals surface area contributed by atoms with Crippen LogP contribution in [0.3, 0.4) is 0 Å². The Morgan fingerprint density at radius 2 is 1.90 bits per heavy atom. The number of aryl methyl sites for hydroxylation is 2. The number of ketones is 1. The van der Waals surface area contributed by atoms with Gasteiger partial charge in [0.1, 0.15) is 0 Å². The second-order valence-electron chi connectivity index (χ2n) is 5.01. The highest BCUT2D eigenvalue weighted by Gasteiger charge is 2.15. The SMILES string of the molecule is Cc1nn(C)c(CC(=O)c2ccc(N(C)C)cc2)c1Br. The van der Waals surface area contributed by atoms with E-state index in [-0.39, 0.29) is 5.78 Å². The van der Waals surface area contributed by atoms with Crippen LogP contribution in [0.4, 0.5) is 5.69 Å². The molecule has 2 rings (SSSR count). The summed E-state index contributed by atoms with van der Waals surface area (Å²) in [5.41, 5.74) is 3.61. The van der Waals surface area contributed by atoms with Crippen LogP contribution in [-0.2, 0) is 13.5 Å². The number of nitrogens with zero attached hydrogens (tertiary/aromatic N) is 3. The number of anilines is 1. The zero-order valence-corrected chi connectivity index (χ0v) is 13.7. The zero-order valence-electron chi connectivity index (χ0n) is 12.1. The maximum Gasteiger partial charge on any atom is 0.168 e. The Balaban J connectivity index is 2.20. The molecule has 1 aromatic carbocycles. The summed E-state index contributed by atoms with van der Waals surface area (Å²) in [4.78, 5) is 14.3. The van der Waals surface area contributed by atoms with Crippen LogP contribution in [0.25, 0.3) is 0 Å². The lowest BCUT2D eigenvalue weighted by Gasteiger charge is -2.12. The van der Waals surface area contributed by atoms with Gasteiger partial charge < -0.3 is 4.90 Å². The van der Waals surface area contributed by atoms with Gasteiger partial charge in [-0.3, -0.25) is 9.48 Å². The van der Waals surface area contributed by atoms with Crippen molar-refractivity contribution in [2.24, 2.45) is 7.05 Å². The van der Waals surface area contributed by atoms with Crippen LogP contribution >= 0.6 is 15.9 Å². The molecule has 0 spiro atoms. The van der Waals surface area contributed by atoms with Gasteiger partial charge in [0.2, 0.25) is 0 Å². The Labute approximate surface area is 127 Å². The summed E-state index contributed by atoms with van der Waals surface area (Å²) in [5, 5.41) is 4.31. The molecule has 0 amide bonds. The molecular weight excluding hydrogens is 318 g/mol. The van der Waals surface area contributed by atoms with E-state index in [2.05, 4.69) is 21.0 Å². The van der Waals surface area contributed by atoms with Gasteiger partial charge >= 0.3 is 0 Å². The zero-order chi connectivity index (χ0) is 14.9. The van der Waals surface area contributed by atoms with Gasteiger partial charge in [0.25, 0.3) is 0 Å². The normalized spacial score (nSPS) is 10.7. The van der Waals surface area contributed by atoms with Crippen molar-refractivity contribution < 1.29 is 4.79 Å².